The van der Waals surface area contributed by atoms with Crippen LogP contribution in [0.25, 0.3) is 20.7 Å². The van der Waals surface area contributed by atoms with Crippen molar-refractivity contribution in [3.05, 3.63) is 102 Å². The molecule has 7 aromatic rings. The normalized spacial score (nSPS) is 15.5. The quantitative estimate of drug-likeness (QED) is 0.0977. The molecule has 27 heteroatoms. The van der Waals surface area contributed by atoms with Crippen molar-refractivity contribution in [3.63, 3.8) is 0 Å². The van der Waals surface area contributed by atoms with Crippen molar-refractivity contribution in [2.75, 3.05) is 51.0 Å². The van der Waals surface area contributed by atoms with Crippen LogP contribution in [-0.4, -0.2) is 108 Å². The first-order chi connectivity index (χ1) is 32.9. The highest BCUT2D eigenvalue weighted by Crippen LogP contribution is 2.37. The molecular formula is C42H40F6N12O7S2. The highest BCUT2D eigenvalue weighted by molar-refractivity contribution is 7.22. The zero-order valence-corrected chi connectivity index (χ0v) is 37.8. The number of amides is 3. The number of carbonyl (C=O) groups is 2. The molecule has 3 amide bonds. The van der Waals surface area contributed by atoms with E-state index < -0.39 is 47.1 Å². The minimum absolute atomic E-state index is 0.0495. The van der Waals surface area contributed by atoms with Crippen LogP contribution in [0.3, 0.4) is 0 Å². The smallest absolute Gasteiger partial charge is 0.433 e. The first-order valence-electron chi connectivity index (χ1n) is 20.5. The Bertz CT molecular complexity index is 2880. The van der Waals surface area contributed by atoms with Gasteiger partial charge < -0.3 is 34.6 Å². The predicted molar refractivity (Wildman–Crippen MR) is 238 cm³/mol. The van der Waals surface area contributed by atoms with Crippen LogP contribution in [0.5, 0.6) is 17.5 Å². The molecule has 0 bridgehead atoms. The number of alkyl halides is 6. The molecule has 19 nitrogen and oxygen atoms in total. The Hall–Kier alpha value is -6.94. The predicted octanol–water partition coefficient (Wildman–Crippen LogP) is 7.40. The third-order valence-corrected chi connectivity index (χ3v) is 12.2. The molecule has 9 rings (SSSR count). The molecule has 1 aromatic carbocycles. The molecule has 0 spiro atoms. The Labute approximate surface area is 395 Å². The van der Waals surface area contributed by atoms with Crippen LogP contribution in [0.1, 0.15) is 48.5 Å². The number of benzene rings is 1. The number of anilines is 2. The highest BCUT2D eigenvalue weighted by atomic mass is 32.1. The first-order valence-corrected chi connectivity index (χ1v) is 22.2. The fourth-order valence-electron chi connectivity index (χ4n) is 6.89. The number of fused-ring (bicyclic) bond motifs is 2. The molecule has 0 unspecified atom stereocenters. The van der Waals surface area contributed by atoms with E-state index in [0.717, 1.165) is 23.5 Å². The summed E-state index contributed by atoms with van der Waals surface area (Å²) >= 11 is 2.36. The van der Waals surface area contributed by atoms with Crippen LogP contribution in [-0.2, 0) is 23.6 Å². The summed E-state index contributed by atoms with van der Waals surface area (Å²) in [4.78, 5) is 58.7. The van der Waals surface area contributed by atoms with Gasteiger partial charge in [0.25, 0.3) is 0 Å². The van der Waals surface area contributed by atoms with E-state index in [4.69, 9.17) is 14.2 Å². The maximum atomic E-state index is 12.9. The highest BCUT2D eigenvalue weighted by Gasteiger charge is 2.40. The Kier molecular flexibility index (Phi) is 15.3. The number of methoxy groups -OCH3 is 2. The number of para-hydroxylation sites is 1. The Morgan fingerprint density at radius 1 is 0.652 bits per heavy atom. The monoisotopic (exact) mass is 1000 g/mol. The minimum atomic E-state index is -4.60. The van der Waals surface area contributed by atoms with Crippen molar-refractivity contribution in [1.82, 2.24) is 50.1 Å². The van der Waals surface area contributed by atoms with Crippen molar-refractivity contribution in [3.8, 4) is 17.5 Å². The summed E-state index contributed by atoms with van der Waals surface area (Å²) in [6.45, 7) is 1.42. The standard InChI is InChI=1S/C18H17F3N6O3S.C13H10N4O3S.C11H13F3N2O/c1-30-13-12-14(23-9-22-13)31-15(25-12)26-16(28)27-7-5-17(29,6-8-27)10-3-2-4-11(24-10)18(19,20)21;1-19-10-9-11(15-7-14-10)21-12(16-9)17-13(18)20-8-5-3-2-4-6-8;12-11(13,14)9-3-1-2-8(16-9)10(17)4-6-15-7-5-10/h2-4,9,29H,5-8H2,1H3,(H,25,26,28);2-7H,1H3,(H,16,17,18);1-3,15,17H,4-7H2. The van der Waals surface area contributed by atoms with E-state index in [-0.39, 0.29) is 37.3 Å². The van der Waals surface area contributed by atoms with Crippen LogP contribution in [0.4, 0.5) is 46.2 Å². The topological polar surface area (TPSA) is 245 Å². The molecule has 6 aromatic heterocycles. The number of urea groups is 1. The Morgan fingerprint density at radius 3 is 1.61 bits per heavy atom. The largest absolute Gasteiger partial charge is 0.479 e. The lowest BCUT2D eigenvalue weighted by molar-refractivity contribution is -0.142. The molecule has 364 valence electrons. The van der Waals surface area contributed by atoms with E-state index in [1.165, 1.54) is 67.4 Å². The maximum Gasteiger partial charge on any atom is 0.433 e. The summed E-state index contributed by atoms with van der Waals surface area (Å²) in [6.07, 6.45) is -6.13. The Balaban J connectivity index is 0.000000161. The molecular weight excluding hydrogens is 963 g/mol. The fraction of sp³-hybridized carbons (Fsp3) is 0.333. The molecule has 0 atom stereocenters. The van der Waals surface area contributed by atoms with Crippen LogP contribution in [0, 0.1) is 0 Å². The van der Waals surface area contributed by atoms with E-state index in [1.54, 1.807) is 24.3 Å². The van der Waals surface area contributed by atoms with Crippen LogP contribution in [0.2, 0.25) is 0 Å². The van der Waals surface area contributed by atoms with Gasteiger partial charge in [0.2, 0.25) is 11.8 Å². The van der Waals surface area contributed by atoms with E-state index in [9.17, 15) is 46.1 Å². The number of rotatable bonds is 7. The number of pyridine rings is 2. The van der Waals surface area contributed by atoms with Gasteiger partial charge in [-0.3, -0.25) is 10.6 Å². The number of thiazole rings is 2. The third-order valence-electron chi connectivity index (χ3n) is 10.4. The third kappa shape index (κ3) is 12.4. The lowest BCUT2D eigenvalue weighted by Crippen LogP contribution is -2.47. The number of ether oxygens (including phenoxy) is 3. The van der Waals surface area contributed by atoms with Gasteiger partial charge in [-0.05, 0) is 75.2 Å². The molecule has 2 aliphatic heterocycles. The molecule has 2 saturated heterocycles. The van der Waals surface area contributed by atoms with Crippen molar-refractivity contribution in [2.24, 2.45) is 0 Å². The van der Waals surface area contributed by atoms with Gasteiger partial charge in [0, 0.05) is 13.1 Å². The number of halogens is 6. The van der Waals surface area contributed by atoms with E-state index >= 15 is 0 Å². The molecule has 0 saturated carbocycles. The van der Waals surface area contributed by atoms with Gasteiger partial charge in [-0.1, -0.05) is 53.0 Å². The zero-order chi connectivity index (χ0) is 49.4. The average molecular weight is 1000 g/mol. The molecule has 2 fully saturated rings. The number of aliphatic hydroxyl groups is 2. The second kappa shape index (κ2) is 21.1. The average Bonchev–Trinajstić information content (AvgIpc) is 3.95. The summed E-state index contributed by atoms with van der Waals surface area (Å²) in [5.74, 6) is 1.10. The van der Waals surface area contributed by atoms with Gasteiger partial charge in [0.05, 0.1) is 25.6 Å². The van der Waals surface area contributed by atoms with Crippen LogP contribution >= 0.6 is 22.7 Å². The lowest BCUT2D eigenvalue weighted by atomic mass is 9.87. The number of nitrogens with zero attached hydrogens (tertiary/aromatic N) is 9. The van der Waals surface area contributed by atoms with Gasteiger partial charge in [0.15, 0.2) is 31.0 Å². The lowest BCUT2D eigenvalue weighted by Gasteiger charge is -2.37. The van der Waals surface area contributed by atoms with Crippen molar-refractivity contribution in [1.29, 1.82) is 0 Å². The SMILES string of the molecule is COc1ncnc2sc(NC(=O)N3CCC(O)(c4cccc(C(F)(F)F)n4)CC3)nc12.COc1ncnc2sc(NC(=O)Oc3ccccc3)nc12.OC1(c2cccc(C(F)(F)F)n2)CCNCC1. The van der Waals surface area contributed by atoms with E-state index in [0.29, 0.717) is 74.4 Å². The molecule has 2 aliphatic rings. The second-order valence-electron chi connectivity index (χ2n) is 15.0. The van der Waals surface area contributed by atoms with Gasteiger partial charge in [-0.15, -0.1) is 0 Å². The summed E-state index contributed by atoms with van der Waals surface area (Å²) in [5.41, 5.74) is -3.83. The first kappa shape index (κ1) is 50.0. The molecule has 0 radical (unpaired) electrons. The van der Waals surface area contributed by atoms with E-state index in [1.807, 2.05) is 6.07 Å². The molecule has 0 aliphatic carbocycles. The Morgan fingerprint density at radius 2 is 1.13 bits per heavy atom. The van der Waals surface area contributed by atoms with Crippen LogP contribution < -0.4 is 30.2 Å². The number of hydrogen-bond acceptors (Lipinski definition) is 18. The molecule has 69 heavy (non-hydrogen) atoms. The minimum Gasteiger partial charge on any atom is -0.479 e. The zero-order valence-electron chi connectivity index (χ0n) is 36.2. The van der Waals surface area contributed by atoms with Gasteiger partial charge in [0.1, 0.15) is 41.0 Å². The number of piperidine rings is 2. The maximum absolute atomic E-state index is 12.9. The van der Waals surface area contributed by atoms with Gasteiger partial charge in [-0.2, -0.15) is 36.3 Å². The number of hydrogen-bond donors (Lipinski definition) is 5. The van der Waals surface area contributed by atoms with E-state index in [2.05, 4.69) is 55.8 Å². The number of carbonyl (C=O) groups excluding carboxylic acids is 2. The van der Waals surface area contributed by atoms with Crippen molar-refractivity contribution in [2.45, 2.75) is 49.2 Å². The van der Waals surface area contributed by atoms with Crippen LogP contribution in [0.15, 0.2) is 79.4 Å². The number of aromatic nitrogens is 8. The summed E-state index contributed by atoms with van der Waals surface area (Å²) in [5, 5.41) is 30.1. The van der Waals surface area contributed by atoms with Gasteiger partial charge in [-0.25, -0.2) is 39.5 Å². The fourth-order valence-corrected chi connectivity index (χ4v) is 8.46. The number of likely N-dealkylation sites (tertiary alicyclic amines) is 1. The molecule has 8 heterocycles. The van der Waals surface area contributed by atoms with Gasteiger partial charge >= 0.3 is 24.5 Å². The molecule has 5 N–H and O–H groups in total. The summed E-state index contributed by atoms with van der Waals surface area (Å²) < 4.78 is 91.6. The van der Waals surface area contributed by atoms with Crippen molar-refractivity contribution < 1.29 is 60.4 Å². The second-order valence-corrected chi connectivity index (χ2v) is 16.9. The summed E-state index contributed by atoms with van der Waals surface area (Å²) in [6, 6.07) is 15.4. The number of nitrogens with one attached hydrogen (secondary N) is 3. The van der Waals surface area contributed by atoms with Crippen molar-refractivity contribution >= 4 is 65.8 Å². The summed E-state index contributed by atoms with van der Waals surface area (Å²) in [7, 11) is 2.95.